The Morgan fingerprint density at radius 2 is 0.521 bits per heavy atom. The third kappa shape index (κ3) is 14.3. The number of likely N-dealkylation sites (N-methyl/N-ethyl adjacent to an activating group) is 4. The molecule has 498 valence electrons. The predicted molar refractivity (Wildman–Crippen MR) is 381 cm³/mol. The Bertz CT molecular complexity index is 4110. The molecule has 0 fully saturated rings. The van der Waals surface area contributed by atoms with E-state index in [2.05, 4.69) is 0 Å². The molecular formula is C80H86N4O12. The molecule has 0 aliphatic carbocycles. The highest BCUT2D eigenvalue weighted by Gasteiger charge is 2.36. The van der Waals surface area contributed by atoms with Crippen molar-refractivity contribution in [3.05, 3.63) is 181 Å². The van der Waals surface area contributed by atoms with E-state index in [0.29, 0.717) is 119 Å². The molecule has 10 rings (SSSR count). The summed E-state index contributed by atoms with van der Waals surface area (Å²) in [6.07, 6.45) is 0. The fourth-order valence-corrected chi connectivity index (χ4v) is 12.7. The van der Waals surface area contributed by atoms with E-state index in [-0.39, 0.29) is 84.6 Å². The van der Waals surface area contributed by atoms with Crippen LogP contribution in [0.1, 0.15) is 66.5 Å². The first-order valence-electron chi connectivity index (χ1n) is 33.2. The van der Waals surface area contributed by atoms with Crippen LogP contribution in [-0.2, 0) is 32.4 Å². The predicted octanol–water partition coefficient (Wildman–Crippen LogP) is 15.5. The van der Waals surface area contributed by atoms with E-state index in [0.717, 1.165) is 32.7 Å². The van der Waals surface area contributed by atoms with E-state index in [1.54, 1.807) is 33.8 Å². The summed E-state index contributed by atoms with van der Waals surface area (Å²) < 4.78 is 55.7. The quantitative estimate of drug-likeness (QED) is 0.0406. The van der Waals surface area contributed by atoms with Crippen LogP contribution < -0.4 is 37.9 Å². The molecule has 0 unspecified atom stereocenters. The highest BCUT2D eigenvalue weighted by atomic mass is 16.5. The summed E-state index contributed by atoms with van der Waals surface area (Å²) in [6.45, 7) is 17.9. The lowest BCUT2D eigenvalue weighted by atomic mass is 9.83. The van der Waals surface area contributed by atoms with Crippen molar-refractivity contribution in [2.24, 2.45) is 0 Å². The largest absolute Gasteiger partial charge is 0.492 e. The number of carbonyl (C=O) groups excluding carboxylic acids is 4. The number of methoxy groups -OCH3 is 2. The summed E-state index contributed by atoms with van der Waals surface area (Å²) in [7, 11) is 3.13. The highest BCUT2D eigenvalue weighted by Crippen LogP contribution is 2.61. The molecule has 0 spiro atoms. The van der Waals surface area contributed by atoms with Gasteiger partial charge in [0.15, 0.2) is 72.4 Å². The van der Waals surface area contributed by atoms with Gasteiger partial charge in [-0.25, -0.2) is 0 Å². The first kappa shape index (κ1) is 68.4. The zero-order valence-electron chi connectivity index (χ0n) is 56.8. The fraction of sp³-hybridized carbons (Fsp3) is 0.300. The zero-order valence-corrected chi connectivity index (χ0v) is 56.8. The molecule has 10 aromatic rings. The highest BCUT2D eigenvalue weighted by molar-refractivity contribution is 6.22. The number of hydrogen-bond acceptors (Lipinski definition) is 12. The van der Waals surface area contributed by atoms with E-state index >= 15 is 0 Å². The van der Waals surface area contributed by atoms with Crippen molar-refractivity contribution in [2.75, 3.05) is 93.0 Å². The second-order valence-electron chi connectivity index (χ2n) is 22.9. The van der Waals surface area contributed by atoms with Crippen LogP contribution in [0.15, 0.2) is 170 Å². The van der Waals surface area contributed by atoms with Crippen molar-refractivity contribution in [2.45, 2.75) is 68.6 Å². The van der Waals surface area contributed by atoms with Gasteiger partial charge in [-0.3, -0.25) is 19.2 Å². The van der Waals surface area contributed by atoms with Crippen molar-refractivity contribution in [1.82, 2.24) is 19.6 Å². The van der Waals surface area contributed by atoms with Gasteiger partial charge in [0, 0.05) is 85.7 Å². The Balaban J connectivity index is 1.36. The van der Waals surface area contributed by atoms with Crippen molar-refractivity contribution in [1.29, 1.82) is 0 Å². The maximum atomic E-state index is 14.6. The van der Waals surface area contributed by atoms with Crippen molar-refractivity contribution < 1.29 is 57.1 Å². The van der Waals surface area contributed by atoms with Crippen LogP contribution in [0.25, 0.3) is 76.5 Å². The minimum absolute atomic E-state index is 0.167. The second-order valence-corrected chi connectivity index (χ2v) is 22.9. The molecular weight excluding hydrogens is 1210 g/mol. The van der Waals surface area contributed by atoms with Gasteiger partial charge in [0.05, 0.1) is 14.2 Å². The third-order valence-electron chi connectivity index (χ3n) is 17.6. The molecule has 0 N–H and O–H groups in total. The number of hydrogen-bond donors (Lipinski definition) is 0. The van der Waals surface area contributed by atoms with Crippen molar-refractivity contribution in [3.8, 4) is 79.4 Å². The van der Waals surface area contributed by atoms with Gasteiger partial charge in [-0.2, -0.15) is 0 Å². The van der Waals surface area contributed by atoms with Gasteiger partial charge in [-0.05, 0) is 122 Å². The van der Waals surface area contributed by atoms with Gasteiger partial charge in [-0.1, -0.05) is 158 Å². The van der Waals surface area contributed by atoms with E-state index in [9.17, 15) is 19.2 Å². The number of benzene rings is 10. The first-order chi connectivity index (χ1) is 46.9. The summed E-state index contributed by atoms with van der Waals surface area (Å²) in [5.41, 5.74) is 4.83. The minimum atomic E-state index is -0.407. The van der Waals surface area contributed by atoms with Crippen LogP contribution in [0.5, 0.6) is 46.0 Å². The van der Waals surface area contributed by atoms with Gasteiger partial charge in [0.1, 0.15) is 13.2 Å². The Morgan fingerprint density at radius 1 is 0.281 bits per heavy atom. The van der Waals surface area contributed by atoms with E-state index in [4.69, 9.17) is 37.9 Å². The lowest BCUT2D eigenvalue weighted by Gasteiger charge is -2.29. The topological polar surface area (TPSA) is 155 Å². The van der Waals surface area contributed by atoms with Crippen LogP contribution in [0, 0.1) is 0 Å². The second kappa shape index (κ2) is 32.1. The van der Waals surface area contributed by atoms with Gasteiger partial charge in [0.25, 0.3) is 23.6 Å². The van der Waals surface area contributed by atoms with E-state index in [1.807, 2.05) is 225 Å². The molecule has 0 atom stereocenters. The lowest BCUT2D eigenvalue weighted by Crippen LogP contribution is -2.34. The molecule has 4 amide bonds. The minimum Gasteiger partial charge on any atom is -0.492 e. The van der Waals surface area contributed by atoms with Crippen LogP contribution in [-0.4, -0.2) is 136 Å². The summed E-state index contributed by atoms with van der Waals surface area (Å²) >= 11 is 0. The Labute approximate surface area is 562 Å². The van der Waals surface area contributed by atoms with Gasteiger partial charge < -0.3 is 57.5 Å². The van der Waals surface area contributed by atoms with Crippen LogP contribution in [0.2, 0.25) is 0 Å². The fourth-order valence-electron chi connectivity index (χ4n) is 12.7. The monoisotopic (exact) mass is 1290 g/mol. The molecule has 10 aromatic carbocycles. The summed E-state index contributed by atoms with van der Waals surface area (Å²) in [6, 6.07) is 55.0. The number of nitrogens with zero attached hydrogens (tertiary/aromatic N) is 4. The smallest absolute Gasteiger partial charge is 0.260 e. The Morgan fingerprint density at radius 3 is 0.802 bits per heavy atom. The molecule has 0 aromatic heterocycles. The number of carbonyl (C=O) groups is 4. The van der Waals surface area contributed by atoms with Gasteiger partial charge in [-0.15, -0.1) is 0 Å². The van der Waals surface area contributed by atoms with Crippen LogP contribution >= 0.6 is 0 Å². The molecule has 0 radical (unpaired) electrons. The lowest BCUT2D eigenvalue weighted by molar-refractivity contribution is -0.133. The summed E-state index contributed by atoms with van der Waals surface area (Å²) in [5, 5.41) is 5.63. The SMILES string of the molecule is CCN(CC)C(=O)COc1c(OCc2ccccc2)cc2ccccc2c1-c1c(OCC(=O)N(CC)CC)c(OC)c(-c2c(OC)c(OCC(=O)N(CC)CC)c(-c3c(OCC(=O)N(CC)CC)c(OCc4ccccc4)cc4ccccc34)c3ccccc23)c2ccccc12. The molecule has 16 heteroatoms. The maximum absolute atomic E-state index is 14.6. The average Bonchev–Trinajstić information content (AvgIpc) is 0.712. The molecule has 0 saturated heterocycles. The molecule has 0 bridgehead atoms. The summed E-state index contributed by atoms with van der Waals surface area (Å²) in [4.78, 5) is 64.4. The summed E-state index contributed by atoms with van der Waals surface area (Å²) in [5.74, 6) is 1.05. The van der Waals surface area contributed by atoms with Crippen LogP contribution in [0.3, 0.4) is 0 Å². The molecule has 0 heterocycles. The molecule has 0 aliphatic heterocycles. The molecule has 0 aliphatic rings. The number of fused-ring (bicyclic) bond motifs is 4. The van der Waals surface area contributed by atoms with E-state index < -0.39 is 13.2 Å². The van der Waals surface area contributed by atoms with E-state index in [1.165, 1.54) is 0 Å². The number of rotatable bonds is 31. The van der Waals surface area contributed by atoms with Gasteiger partial charge >= 0.3 is 0 Å². The Hall–Kier alpha value is -10.5. The molecule has 96 heavy (non-hydrogen) atoms. The van der Waals surface area contributed by atoms with Crippen molar-refractivity contribution >= 4 is 66.7 Å². The zero-order chi connectivity index (χ0) is 67.8. The first-order valence-corrected chi connectivity index (χ1v) is 33.2. The van der Waals surface area contributed by atoms with Crippen LogP contribution in [0.4, 0.5) is 0 Å². The maximum Gasteiger partial charge on any atom is 0.260 e. The van der Waals surface area contributed by atoms with Crippen molar-refractivity contribution in [3.63, 3.8) is 0 Å². The number of amides is 4. The normalized spacial score (nSPS) is 11.1. The standard InChI is InChI=1S/C80H86N4O12/c1-11-81(12-2)65(85)49-93-75-63(91-47-53-33-21-19-22-34-53)45-55-37-25-27-39-57(55)69(75)73-61-43-31-29-41-59(61)71(77(89-9)79(73)95-51-67(87)83(15-5)16-6)72-60-42-30-32-44-62(60)74(80(78(72)90-10)96-52-68(88)84(17-7)18-8)70-58-40-28-26-38-56(58)46-64(92-48-54-35-23-20-24-36-54)76(70)94-50-66(86)82(13-3)14-4/h19-46H,11-18,47-52H2,1-10H3. The number of ether oxygens (including phenoxy) is 8. The average molecular weight is 1300 g/mol. The molecule has 16 nitrogen and oxygen atoms in total. The Kier molecular flexibility index (Phi) is 22.9. The third-order valence-corrected chi connectivity index (χ3v) is 17.6. The van der Waals surface area contributed by atoms with Gasteiger partial charge in [0.2, 0.25) is 0 Å². The molecule has 0 saturated carbocycles.